The predicted octanol–water partition coefficient (Wildman–Crippen LogP) is 13.0. The Morgan fingerprint density at radius 2 is 0.513 bits per heavy atom. The maximum Gasteiger partial charge on any atom is 0.327 e. The van der Waals surface area contributed by atoms with Crippen LogP contribution in [0.25, 0.3) is 0 Å². The van der Waals surface area contributed by atoms with Gasteiger partial charge in [-0.1, -0.05) is 220 Å². The van der Waals surface area contributed by atoms with E-state index in [1.807, 2.05) is 0 Å². The van der Waals surface area contributed by atoms with E-state index in [2.05, 4.69) is 27.7 Å². The molecule has 0 aliphatic carbocycles. The van der Waals surface area contributed by atoms with Crippen LogP contribution in [-0.4, -0.2) is 109 Å². The number of carboxylic acids is 2. The fourth-order valence-corrected chi connectivity index (χ4v) is 8.82. The average Bonchev–Trinajstić information content (AvgIpc) is 3.33. The van der Waals surface area contributed by atoms with E-state index >= 15 is 0 Å². The highest BCUT2D eigenvalue weighted by Gasteiger charge is 2.36. The number of hydrogen-bond donors (Lipinski definition) is 6. The molecule has 0 aromatic carbocycles. The third kappa shape index (κ3) is 59.8. The standard InChI is InChI=1S/C22H42O4.2C16H30O7S.2H3N/c1-3-5-7-9-11-13-15-19-25-21(23)17-18-22(24)26-20-16-14-12-10-8-6-4-2;2*1-2-3-4-5-6-7-8-9-10-11-12-23-16(19)14(13-15(17)18)24(20,21)22;;/h3-20H2,1-2H3;2*14H,2-13H2,1H3,(H,17,18)(H,20,21,22);2*1H3. The minimum atomic E-state index is -4.78. The zero-order valence-corrected chi connectivity index (χ0v) is 49.2. The van der Waals surface area contributed by atoms with Crippen LogP contribution in [0, 0.1) is 0 Å². The highest BCUT2D eigenvalue weighted by molar-refractivity contribution is 7.87. The minimum absolute atomic E-state index is 0. The summed E-state index contributed by atoms with van der Waals surface area (Å²) in [5.41, 5.74) is 0. The van der Waals surface area contributed by atoms with E-state index in [1.54, 1.807) is 0 Å². The number of rotatable bonds is 49. The summed E-state index contributed by atoms with van der Waals surface area (Å²) in [5.74, 6) is -5.98. The molecule has 0 aromatic heterocycles. The number of unbranched alkanes of at least 4 members (excludes halogenated alkanes) is 30. The highest BCUT2D eigenvalue weighted by atomic mass is 32.2. The van der Waals surface area contributed by atoms with E-state index in [1.165, 1.54) is 141 Å². The van der Waals surface area contributed by atoms with Crippen LogP contribution in [0.5, 0.6) is 0 Å². The van der Waals surface area contributed by atoms with Gasteiger partial charge in [0, 0.05) is 0 Å². The summed E-state index contributed by atoms with van der Waals surface area (Å²) in [6, 6.07) is 0. The van der Waals surface area contributed by atoms with Crippen LogP contribution in [0.4, 0.5) is 0 Å². The molecule has 0 heterocycles. The van der Waals surface area contributed by atoms with Gasteiger partial charge in [0.15, 0.2) is 10.5 Å². The molecule has 454 valence electrons. The van der Waals surface area contributed by atoms with E-state index in [0.29, 0.717) is 26.1 Å². The molecule has 20 nitrogen and oxygen atoms in total. The summed E-state index contributed by atoms with van der Waals surface area (Å²) in [6.45, 7) is 9.80. The SMILES string of the molecule is CCCCCCCCCCCCOC(=O)C(CC(=O)O)S(=O)(=O)O.CCCCCCCCCCCCOC(=O)C(CC(=O)O)S(=O)(=O)O.CCCCCCCCCOC(=O)CCC(=O)OCCCCCCCCC.N.N. The van der Waals surface area contributed by atoms with Crippen LogP contribution in [0.2, 0.25) is 0 Å². The van der Waals surface area contributed by atoms with Crippen LogP contribution in [0.15, 0.2) is 0 Å². The van der Waals surface area contributed by atoms with Gasteiger partial charge in [0.2, 0.25) is 0 Å². The Balaban J connectivity index is -0.000000328. The van der Waals surface area contributed by atoms with Gasteiger partial charge in [-0.25, -0.2) is 0 Å². The van der Waals surface area contributed by atoms with Crippen molar-refractivity contribution in [3.8, 4) is 0 Å². The summed E-state index contributed by atoms with van der Waals surface area (Å²) in [6.07, 6.45) is 37.2. The van der Waals surface area contributed by atoms with Gasteiger partial charge in [0.1, 0.15) is 0 Å². The Labute approximate surface area is 459 Å². The van der Waals surface area contributed by atoms with E-state index in [4.69, 9.17) is 38.3 Å². The molecule has 0 saturated carbocycles. The third-order valence-corrected chi connectivity index (χ3v) is 14.2. The Hall–Kier alpha value is -3.44. The number of aliphatic carboxylic acids is 2. The van der Waals surface area contributed by atoms with Crippen LogP contribution in [0.3, 0.4) is 0 Å². The normalized spacial score (nSPS) is 11.7. The highest BCUT2D eigenvalue weighted by Crippen LogP contribution is 2.15. The Morgan fingerprint density at radius 3 is 0.697 bits per heavy atom. The van der Waals surface area contributed by atoms with E-state index in [9.17, 15) is 45.6 Å². The lowest BCUT2D eigenvalue weighted by Gasteiger charge is -2.11. The molecule has 76 heavy (non-hydrogen) atoms. The van der Waals surface area contributed by atoms with Crippen LogP contribution in [-0.2, 0) is 68.0 Å². The number of carbonyl (C=O) groups is 6. The zero-order valence-electron chi connectivity index (χ0n) is 47.6. The number of ether oxygens (including phenoxy) is 4. The lowest BCUT2D eigenvalue weighted by Crippen LogP contribution is -2.34. The average molecular weight is 1140 g/mol. The van der Waals surface area contributed by atoms with Crippen molar-refractivity contribution < 1.29 is 83.9 Å². The topological polar surface area (TPSA) is 359 Å². The largest absolute Gasteiger partial charge is 0.481 e. The van der Waals surface area contributed by atoms with Gasteiger partial charge in [-0.3, -0.25) is 37.9 Å². The molecule has 0 spiro atoms. The molecule has 22 heteroatoms. The van der Waals surface area contributed by atoms with Gasteiger partial charge >= 0.3 is 35.8 Å². The smallest absolute Gasteiger partial charge is 0.327 e. The molecule has 0 aliphatic rings. The molecule has 0 fully saturated rings. The van der Waals surface area contributed by atoms with Crippen molar-refractivity contribution in [1.82, 2.24) is 12.3 Å². The van der Waals surface area contributed by atoms with Crippen molar-refractivity contribution in [3.05, 3.63) is 0 Å². The summed E-state index contributed by atoms with van der Waals surface area (Å²) in [7, 11) is -9.56. The lowest BCUT2D eigenvalue weighted by atomic mass is 10.1. The second-order valence-corrected chi connectivity index (χ2v) is 22.3. The van der Waals surface area contributed by atoms with E-state index in [0.717, 1.165) is 64.2 Å². The lowest BCUT2D eigenvalue weighted by molar-refractivity contribution is -0.150. The van der Waals surface area contributed by atoms with Crippen molar-refractivity contribution in [3.63, 3.8) is 0 Å². The summed E-state index contributed by atoms with van der Waals surface area (Å²) in [4.78, 5) is 67.4. The van der Waals surface area contributed by atoms with Crippen LogP contribution in [0.1, 0.15) is 272 Å². The van der Waals surface area contributed by atoms with Gasteiger partial charge < -0.3 is 41.5 Å². The number of carboxylic acid groups (broad SMARTS) is 2. The molecule has 0 aromatic rings. The predicted molar refractivity (Wildman–Crippen MR) is 298 cm³/mol. The van der Waals surface area contributed by atoms with Crippen LogP contribution >= 0.6 is 0 Å². The maximum atomic E-state index is 11.6. The number of hydrogen-bond acceptors (Lipinski definition) is 16. The zero-order chi connectivity index (χ0) is 56.1. The fourth-order valence-electron chi connectivity index (χ4n) is 7.49. The van der Waals surface area contributed by atoms with Crippen molar-refractivity contribution >= 4 is 56.1 Å². The Bertz CT molecular complexity index is 1520. The second-order valence-electron chi connectivity index (χ2n) is 19.1. The second kappa shape index (κ2) is 57.7. The molecule has 0 amide bonds. The van der Waals surface area contributed by atoms with E-state index in [-0.39, 0.29) is 50.3 Å². The summed E-state index contributed by atoms with van der Waals surface area (Å²) >= 11 is 0. The van der Waals surface area contributed by atoms with Crippen LogP contribution < -0.4 is 12.3 Å². The molecule has 0 bridgehead atoms. The van der Waals surface area contributed by atoms with Gasteiger partial charge in [0.25, 0.3) is 20.2 Å². The molecule has 0 saturated heterocycles. The Kier molecular flexibility index (Phi) is 61.8. The van der Waals surface area contributed by atoms with Crippen molar-refractivity contribution in [2.24, 2.45) is 0 Å². The third-order valence-electron chi connectivity index (χ3n) is 12.0. The molecule has 0 rings (SSSR count). The molecule has 2 atom stereocenters. The molecule has 0 radical (unpaired) electrons. The van der Waals surface area contributed by atoms with Crippen molar-refractivity contribution in [2.45, 2.75) is 282 Å². The summed E-state index contributed by atoms with van der Waals surface area (Å²) in [5, 5.41) is 13.0. The van der Waals surface area contributed by atoms with E-state index < -0.39 is 67.5 Å². The van der Waals surface area contributed by atoms with Gasteiger partial charge in [-0.05, 0) is 25.7 Å². The van der Waals surface area contributed by atoms with Crippen molar-refractivity contribution in [1.29, 1.82) is 0 Å². The molecule has 2 unspecified atom stereocenters. The first kappa shape index (κ1) is 81.4. The van der Waals surface area contributed by atoms with Gasteiger partial charge in [0.05, 0.1) is 52.1 Å². The van der Waals surface area contributed by atoms with Crippen molar-refractivity contribution in [2.75, 3.05) is 26.4 Å². The molecular weight excluding hydrogens is 1030 g/mol. The minimum Gasteiger partial charge on any atom is -0.481 e. The van der Waals surface area contributed by atoms with Gasteiger partial charge in [-0.15, -0.1) is 0 Å². The molecule has 0 aliphatic heterocycles. The Morgan fingerprint density at radius 1 is 0.329 bits per heavy atom. The molecular formula is C54H108N2O18S2. The number of esters is 4. The quantitative estimate of drug-likeness (QED) is 0.0143. The van der Waals surface area contributed by atoms with Gasteiger partial charge in [-0.2, -0.15) is 16.8 Å². The number of carbonyl (C=O) groups excluding carboxylic acids is 4. The fraction of sp³-hybridized carbons (Fsp3) is 0.889. The monoisotopic (exact) mass is 1140 g/mol. The maximum absolute atomic E-state index is 11.6. The first-order chi connectivity index (χ1) is 35.3. The first-order valence-corrected chi connectivity index (χ1v) is 31.3. The molecule has 10 N–H and O–H groups in total. The first-order valence-electron chi connectivity index (χ1n) is 28.3. The summed E-state index contributed by atoms with van der Waals surface area (Å²) < 4.78 is 81.6.